The second kappa shape index (κ2) is 6.42. The quantitative estimate of drug-likeness (QED) is 0.799. The number of thiophene rings is 1. The smallest absolute Gasteiger partial charge is 0.160 e. The molecule has 4 rings (SSSR count). The van der Waals surface area contributed by atoms with Gasteiger partial charge in [-0.3, -0.25) is 0 Å². The molecule has 5 heteroatoms. The molecule has 0 radical (unpaired) electrons. The fourth-order valence-corrected chi connectivity index (χ4v) is 4.09. The molecule has 4 nitrogen and oxygen atoms in total. The van der Waals surface area contributed by atoms with Crippen LogP contribution in [0.15, 0.2) is 29.8 Å². The van der Waals surface area contributed by atoms with E-state index >= 15 is 0 Å². The molecule has 1 unspecified atom stereocenters. The highest BCUT2D eigenvalue weighted by molar-refractivity contribution is 7.09. The molecule has 0 aliphatic carbocycles. The number of hydrogen-bond acceptors (Lipinski definition) is 4. The first-order chi connectivity index (χ1) is 11.3. The van der Waals surface area contributed by atoms with Crippen LogP contribution >= 0.6 is 11.3 Å². The summed E-state index contributed by atoms with van der Waals surface area (Å²) >= 11 is 1.80. The zero-order valence-electron chi connectivity index (χ0n) is 13.5. The predicted octanol–water partition coefficient (Wildman–Crippen LogP) is 3.39. The summed E-state index contributed by atoms with van der Waals surface area (Å²) in [5.41, 5.74) is 3.23. The zero-order valence-corrected chi connectivity index (χ0v) is 14.3. The Kier molecular flexibility index (Phi) is 4.14. The van der Waals surface area contributed by atoms with E-state index in [-0.39, 0.29) is 0 Å². The summed E-state index contributed by atoms with van der Waals surface area (Å²) in [7, 11) is 0. The number of fused-ring (bicyclic) bond motifs is 1. The lowest BCUT2D eigenvalue weighted by Crippen LogP contribution is -2.32. The number of nitrogens with zero attached hydrogens (tertiary/aromatic N) is 3. The van der Waals surface area contributed by atoms with Crippen LogP contribution in [0.4, 0.5) is 0 Å². The largest absolute Gasteiger partial charge is 0.316 e. The number of hydrogen-bond donors (Lipinski definition) is 1. The minimum absolute atomic E-state index is 0.673. The van der Waals surface area contributed by atoms with Crippen molar-refractivity contribution < 1.29 is 0 Å². The van der Waals surface area contributed by atoms with Gasteiger partial charge < -0.3 is 9.88 Å². The van der Waals surface area contributed by atoms with E-state index in [0.717, 1.165) is 43.0 Å². The third-order valence-corrected chi connectivity index (χ3v) is 5.43. The molecule has 0 bridgehead atoms. The predicted molar refractivity (Wildman–Crippen MR) is 95.0 cm³/mol. The van der Waals surface area contributed by atoms with Crippen molar-refractivity contribution in [3.63, 3.8) is 0 Å². The van der Waals surface area contributed by atoms with Gasteiger partial charge in [0.05, 0.1) is 0 Å². The van der Waals surface area contributed by atoms with Crippen LogP contribution in [-0.2, 0) is 13.0 Å². The number of rotatable bonds is 4. The van der Waals surface area contributed by atoms with Crippen LogP contribution in [0, 0.1) is 12.8 Å². The molecular weight excluding hydrogens is 304 g/mol. The number of pyridine rings is 1. The van der Waals surface area contributed by atoms with Crippen LogP contribution in [0.25, 0.3) is 11.2 Å². The Morgan fingerprint density at radius 2 is 2.39 bits per heavy atom. The van der Waals surface area contributed by atoms with Gasteiger partial charge in [0.25, 0.3) is 0 Å². The average Bonchev–Trinajstić information content (AvgIpc) is 3.17. The highest BCUT2D eigenvalue weighted by Crippen LogP contribution is 2.23. The second-order valence-electron chi connectivity index (χ2n) is 6.46. The van der Waals surface area contributed by atoms with Gasteiger partial charge in [0, 0.05) is 24.0 Å². The first-order valence-corrected chi connectivity index (χ1v) is 9.22. The molecule has 0 amide bonds. The summed E-state index contributed by atoms with van der Waals surface area (Å²) in [6.07, 6.45) is 5.41. The standard InChI is InChI=1S/C18H22N4S/c1-13-8-16-18(20-10-13)22(12-14-4-2-6-19-11-14)17(21-16)9-15-5-3-7-23-15/h3,5,7-8,10,14,19H,2,4,6,9,11-12H2,1H3. The normalized spacial score (nSPS) is 18.6. The highest BCUT2D eigenvalue weighted by Gasteiger charge is 2.19. The van der Waals surface area contributed by atoms with Crippen molar-refractivity contribution in [2.75, 3.05) is 13.1 Å². The lowest BCUT2D eigenvalue weighted by Gasteiger charge is -2.24. The third kappa shape index (κ3) is 3.16. The van der Waals surface area contributed by atoms with E-state index in [1.807, 2.05) is 6.20 Å². The Morgan fingerprint density at radius 1 is 1.43 bits per heavy atom. The Balaban J connectivity index is 1.71. The lowest BCUT2D eigenvalue weighted by atomic mass is 9.99. The zero-order chi connectivity index (χ0) is 15.6. The van der Waals surface area contributed by atoms with Crippen molar-refractivity contribution in [3.8, 4) is 0 Å². The van der Waals surface area contributed by atoms with E-state index in [1.54, 1.807) is 11.3 Å². The monoisotopic (exact) mass is 326 g/mol. The van der Waals surface area contributed by atoms with E-state index in [0.29, 0.717) is 5.92 Å². The van der Waals surface area contributed by atoms with Crippen molar-refractivity contribution in [1.82, 2.24) is 19.9 Å². The molecule has 1 fully saturated rings. The molecule has 3 aromatic rings. The van der Waals surface area contributed by atoms with Gasteiger partial charge in [0.1, 0.15) is 11.3 Å². The van der Waals surface area contributed by atoms with Gasteiger partial charge >= 0.3 is 0 Å². The number of imidazole rings is 1. The van der Waals surface area contributed by atoms with E-state index in [4.69, 9.17) is 4.98 Å². The summed E-state index contributed by atoms with van der Waals surface area (Å²) in [5, 5.41) is 5.65. The minimum atomic E-state index is 0.673. The van der Waals surface area contributed by atoms with Gasteiger partial charge in [-0.15, -0.1) is 11.3 Å². The van der Waals surface area contributed by atoms with E-state index in [9.17, 15) is 0 Å². The molecule has 0 saturated carbocycles. The minimum Gasteiger partial charge on any atom is -0.316 e. The van der Waals surface area contributed by atoms with E-state index < -0.39 is 0 Å². The molecule has 120 valence electrons. The van der Waals surface area contributed by atoms with Crippen molar-refractivity contribution in [2.45, 2.75) is 32.7 Å². The van der Waals surface area contributed by atoms with Gasteiger partial charge in [-0.05, 0) is 61.8 Å². The maximum atomic E-state index is 4.90. The first kappa shape index (κ1) is 14.8. The Morgan fingerprint density at radius 3 is 3.17 bits per heavy atom. The molecule has 1 aliphatic heterocycles. The second-order valence-corrected chi connectivity index (χ2v) is 7.49. The summed E-state index contributed by atoms with van der Waals surface area (Å²) in [6.45, 7) is 5.35. The number of aryl methyl sites for hydroxylation is 1. The van der Waals surface area contributed by atoms with Gasteiger partial charge in [0.2, 0.25) is 0 Å². The van der Waals surface area contributed by atoms with Gasteiger partial charge in [-0.25, -0.2) is 9.97 Å². The van der Waals surface area contributed by atoms with Crippen LogP contribution < -0.4 is 5.32 Å². The van der Waals surface area contributed by atoms with Gasteiger partial charge in [-0.2, -0.15) is 0 Å². The Bertz CT molecular complexity index is 785. The van der Waals surface area contributed by atoms with Crippen LogP contribution in [0.2, 0.25) is 0 Å². The highest BCUT2D eigenvalue weighted by atomic mass is 32.1. The molecular formula is C18H22N4S. The van der Waals surface area contributed by atoms with Crippen LogP contribution in [0.5, 0.6) is 0 Å². The van der Waals surface area contributed by atoms with Crippen molar-refractivity contribution in [1.29, 1.82) is 0 Å². The number of nitrogens with one attached hydrogen (secondary N) is 1. The Labute approximate surface area is 140 Å². The van der Waals surface area contributed by atoms with Crippen molar-refractivity contribution in [3.05, 3.63) is 46.0 Å². The molecule has 1 aliphatic rings. The first-order valence-electron chi connectivity index (χ1n) is 8.34. The Hall–Kier alpha value is -1.72. The molecule has 1 atom stereocenters. The maximum Gasteiger partial charge on any atom is 0.160 e. The molecule has 23 heavy (non-hydrogen) atoms. The molecule has 0 spiro atoms. The summed E-state index contributed by atoms with van der Waals surface area (Å²) in [4.78, 5) is 10.9. The van der Waals surface area contributed by atoms with E-state index in [1.165, 1.54) is 23.3 Å². The van der Waals surface area contributed by atoms with Gasteiger partial charge in [-0.1, -0.05) is 6.07 Å². The molecule has 3 aromatic heterocycles. The number of piperidine rings is 1. The fraction of sp³-hybridized carbons (Fsp3) is 0.444. The lowest BCUT2D eigenvalue weighted by molar-refractivity contribution is 0.337. The topological polar surface area (TPSA) is 42.7 Å². The SMILES string of the molecule is Cc1cnc2c(c1)nc(Cc1cccs1)n2CC1CCCNC1. The molecule has 1 saturated heterocycles. The summed E-state index contributed by atoms with van der Waals surface area (Å²) in [6, 6.07) is 6.45. The van der Waals surface area contributed by atoms with Crippen LogP contribution in [0.1, 0.15) is 29.1 Å². The van der Waals surface area contributed by atoms with E-state index in [2.05, 4.69) is 45.4 Å². The molecule has 0 aromatic carbocycles. The van der Waals surface area contributed by atoms with Crippen molar-refractivity contribution in [2.24, 2.45) is 5.92 Å². The summed E-state index contributed by atoms with van der Waals surface area (Å²) < 4.78 is 2.35. The number of aromatic nitrogens is 3. The molecule has 1 N–H and O–H groups in total. The average molecular weight is 326 g/mol. The third-order valence-electron chi connectivity index (χ3n) is 4.55. The van der Waals surface area contributed by atoms with Crippen LogP contribution in [-0.4, -0.2) is 27.6 Å². The summed E-state index contributed by atoms with van der Waals surface area (Å²) in [5.74, 6) is 1.82. The van der Waals surface area contributed by atoms with Gasteiger partial charge in [0.15, 0.2) is 5.65 Å². The molecule has 4 heterocycles. The maximum absolute atomic E-state index is 4.90. The fourth-order valence-electron chi connectivity index (χ4n) is 3.39. The van der Waals surface area contributed by atoms with Crippen molar-refractivity contribution >= 4 is 22.5 Å². The van der Waals surface area contributed by atoms with Crippen LogP contribution in [0.3, 0.4) is 0 Å².